The van der Waals surface area contributed by atoms with E-state index in [1.54, 1.807) is 6.20 Å². The number of nitrogens with zero attached hydrogens (tertiary/aromatic N) is 1. The highest BCUT2D eigenvalue weighted by Gasteiger charge is 2.14. The van der Waals surface area contributed by atoms with E-state index in [9.17, 15) is 0 Å². The fourth-order valence-electron chi connectivity index (χ4n) is 1.83. The van der Waals surface area contributed by atoms with E-state index in [-0.39, 0.29) is 0 Å². The summed E-state index contributed by atoms with van der Waals surface area (Å²) >= 11 is 7.79. The molecule has 0 saturated heterocycles. The number of pyridine rings is 1. The van der Waals surface area contributed by atoms with Crippen molar-refractivity contribution in [2.24, 2.45) is 0 Å². The van der Waals surface area contributed by atoms with Gasteiger partial charge in [0.1, 0.15) is 5.15 Å². The van der Waals surface area contributed by atoms with Gasteiger partial charge in [-0.25, -0.2) is 4.98 Å². The molecule has 0 unspecified atom stereocenters. The summed E-state index contributed by atoms with van der Waals surface area (Å²) < 4.78 is 0. The predicted molar refractivity (Wildman–Crippen MR) is 62.0 cm³/mol. The molecule has 1 nitrogen and oxygen atoms in total. The van der Waals surface area contributed by atoms with Gasteiger partial charge in [-0.2, -0.15) is 0 Å². The largest absolute Gasteiger partial charge is 0.244 e. The zero-order valence-electron chi connectivity index (χ0n) is 8.08. The van der Waals surface area contributed by atoms with Crippen molar-refractivity contribution in [3.8, 4) is 0 Å². The second-order valence-corrected chi connectivity index (χ2v) is 5.45. The van der Waals surface area contributed by atoms with Crippen molar-refractivity contribution in [2.75, 3.05) is 0 Å². The first-order chi connectivity index (χ1) is 6.84. The third-order valence-electron chi connectivity index (χ3n) is 2.55. The maximum atomic E-state index is 5.84. The molecule has 0 N–H and O–H groups in total. The molecule has 76 valence electrons. The lowest BCUT2D eigenvalue weighted by molar-refractivity contribution is 0.516. The number of rotatable bonds is 2. The fraction of sp³-hybridized carbons (Fsp3) is 0.545. The van der Waals surface area contributed by atoms with Gasteiger partial charge < -0.3 is 0 Å². The fourth-order valence-corrected chi connectivity index (χ4v) is 3.35. The molecule has 0 amide bonds. The highest BCUT2D eigenvalue weighted by molar-refractivity contribution is 8.00. The Morgan fingerprint density at radius 1 is 1.29 bits per heavy atom. The molecule has 2 rings (SSSR count). The summed E-state index contributed by atoms with van der Waals surface area (Å²) in [5, 5.41) is 1.40. The molecular formula is C11H14ClNS. The van der Waals surface area contributed by atoms with Crippen LogP contribution in [0, 0.1) is 0 Å². The molecule has 1 aliphatic rings. The average molecular weight is 228 g/mol. The third kappa shape index (κ3) is 2.89. The lowest BCUT2D eigenvalue weighted by Gasteiger charge is -2.20. The van der Waals surface area contributed by atoms with Gasteiger partial charge in [0, 0.05) is 16.3 Å². The molecule has 0 aliphatic heterocycles. The van der Waals surface area contributed by atoms with Gasteiger partial charge in [-0.3, -0.25) is 0 Å². The highest BCUT2D eigenvalue weighted by atomic mass is 35.5. The highest BCUT2D eigenvalue weighted by Crippen LogP contribution is 2.33. The van der Waals surface area contributed by atoms with Crippen molar-refractivity contribution in [2.45, 2.75) is 42.2 Å². The van der Waals surface area contributed by atoms with Gasteiger partial charge >= 0.3 is 0 Å². The molecule has 0 radical (unpaired) electrons. The maximum Gasteiger partial charge on any atom is 0.130 e. The smallest absolute Gasteiger partial charge is 0.130 e. The van der Waals surface area contributed by atoms with Crippen molar-refractivity contribution in [1.82, 2.24) is 4.98 Å². The van der Waals surface area contributed by atoms with Crippen LogP contribution in [0.1, 0.15) is 32.1 Å². The van der Waals surface area contributed by atoms with E-state index in [0.29, 0.717) is 5.15 Å². The van der Waals surface area contributed by atoms with Crippen LogP contribution >= 0.6 is 23.4 Å². The summed E-state index contributed by atoms with van der Waals surface area (Å²) in [7, 11) is 0. The Kier molecular flexibility index (Phi) is 3.71. The van der Waals surface area contributed by atoms with Crippen molar-refractivity contribution in [3.63, 3.8) is 0 Å². The van der Waals surface area contributed by atoms with Gasteiger partial charge in [-0.1, -0.05) is 30.9 Å². The van der Waals surface area contributed by atoms with Crippen LogP contribution in [0.4, 0.5) is 0 Å². The van der Waals surface area contributed by atoms with E-state index in [2.05, 4.69) is 4.98 Å². The first kappa shape index (κ1) is 10.3. The minimum Gasteiger partial charge on any atom is -0.244 e. The van der Waals surface area contributed by atoms with Gasteiger partial charge in [0.2, 0.25) is 0 Å². The Labute approximate surface area is 94.3 Å². The molecule has 1 saturated carbocycles. The lowest BCUT2D eigenvalue weighted by atomic mass is 10.0. The van der Waals surface area contributed by atoms with Crippen LogP contribution in [-0.2, 0) is 0 Å². The molecule has 1 aromatic rings. The Morgan fingerprint density at radius 3 is 2.79 bits per heavy atom. The normalized spacial score (nSPS) is 18.4. The summed E-state index contributed by atoms with van der Waals surface area (Å²) in [5.41, 5.74) is 0. The molecule has 1 heterocycles. The Bertz CT molecular complexity index is 297. The Hall–Kier alpha value is -0.210. The summed E-state index contributed by atoms with van der Waals surface area (Å²) in [6, 6.07) is 4.01. The van der Waals surface area contributed by atoms with Crippen molar-refractivity contribution < 1.29 is 0 Å². The van der Waals surface area contributed by atoms with E-state index >= 15 is 0 Å². The molecule has 1 aliphatic carbocycles. The quantitative estimate of drug-likeness (QED) is 0.704. The SMILES string of the molecule is Clc1cc(SC2CCCCC2)ccn1. The van der Waals surface area contributed by atoms with Crippen LogP contribution in [0.2, 0.25) is 5.15 Å². The van der Waals surface area contributed by atoms with Crippen LogP contribution in [-0.4, -0.2) is 10.2 Å². The van der Waals surface area contributed by atoms with Gasteiger partial charge in [0.15, 0.2) is 0 Å². The molecule has 0 atom stereocenters. The van der Waals surface area contributed by atoms with Gasteiger partial charge in [-0.05, 0) is 25.0 Å². The van der Waals surface area contributed by atoms with E-state index < -0.39 is 0 Å². The summed E-state index contributed by atoms with van der Waals surface area (Å²) in [4.78, 5) is 5.25. The summed E-state index contributed by atoms with van der Waals surface area (Å²) in [6.45, 7) is 0. The number of halogens is 1. The number of thioether (sulfide) groups is 1. The average Bonchev–Trinajstić information content (AvgIpc) is 2.19. The molecule has 3 heteroatoms. The minimum atomic E-state index is 0.603. The molecule has 1 fully saturated rings. The van der Waals surface area contributed by atoms with Crippen LogP contribution in [0.25, 0.3) is 0 Å². The predicted octanol–water partition coefficient (Wildman–Crippen LogP) is 4.16. The number of hydrogen-bond donors (Lipinski definition) is 0. The first-order valence-corrected chi connectivity index (χ1v) is 6.38. The molecule has 1 aromatic heterocycles. The zero-order chi connectivity index (χ0) is 9.80. The van der Waals surface area contributed by atoms with E-state index in [1.165, 1.54) is 37.0 Å². The Balaban J connectivity index is 1.95. The molecule has 0 spiro atoms. The monoisotopic (exact) mass is 227 g/mol. The molecule has 0 aromatic carbocycles. The van der Waals surface area contributed by atoms with Crippen molar-refractivity contribution >= 4 is 23.4 Å². The van der Waals surface area contributed by atoms with Gasteiger partial charge in [0.05, 0.1) is 0 Å². The first-order valence-electron chi connectivity index (χ1n) is 5.13. The zero-order valence-corrected chi connectivity index (χ0v) is 9.65. The molecule has 14 heavy (non-hydrogen) atoms. The lowest BCUT2D eigenvalue weighted by Crippen LogP contribution is -2.07. The second-order valence-electron chi connectivity index (χ2n) is 3.69. The standard InChI is InChI=1S/C11H14ClNS/c12-11-8-10(6-7-13-11)14-9-4-2-1-3-5-9/h6-9H,1-5H2. The van der Waals surface area contributed by atoms with E-state index in [0.717, 1.165) is 5.25 Å². The third-order valence-corrected chi connectivity index (χ3v) is 4.09. The van der Waals surface area contributed by atoms with Crippen LogP contribution in [0.5, 0.6) is 0 Å². The van der Waals surface area contributed by atoms with E-state index in [4.69, 9.17) is 11.6 Å². The number of hydrogen-bond acceptors (Lipinski definition) is 2. The Morgan fingerprint density at radius 2 is 2.07 bits per heavy atom. The van der Waals surface area contributed by atoms with E-state index in [1.807, 2.05) is 23.9 Å². The minimum absolute atomic E-state index is 0.603. The van der Waals surface area contributed by atoms with Crippen LogP contribution in [0.15, 0.2) is 23.2 Å². The summed E-state index contributed by atoms with van der Waals surface area (Å²) in [5.74, 6) is 0. The number of aromatic nitrogens is 1. The van der Waals surface area contributed by atoms with Crippen molar-refractivity contribution in [3.05, 3.63) is 23.5 Å². The molecule has 0 bridgehead atoms. The van der Waals surface area contributed by atoms with Gasteiger partial charge in [0.25, 0.3) is 0 Å². The maximum absolute atomic E-state index is 5.84. The van der Waals surface area contributed by atoms with Crippen LogP contribution in [0.3, 0.4) is 0 Å². The van der Waals surface area contributed by atoms with Crippen molar-refractivity contribution in [1.29, 1.82) is 0 Å². The second kappa shape index (κ2) is 5.04. The molecular weight excluding hydrogens is 214 g/mol. The van der Waals surface area contributed by atoms with Gasteiger partial charge in [-0.15, -0.1) is 11.8 Å². The van der Waals surface area contributed by atoms with Crippen LogP contribution < -0.4 is 0 Å². The topological polar surface area (TPSA) is 12.9 Å². The summed E-state index contributed by atoms with van der Waals surface area (Å²) in [6.07, 6.45) is 8.67.